The molecule has 1 N–H and O–H groups in total. The zero-order chi connectivity index (χ0) is 13.7. The van der Waals surface area contributed by atoms with Gasteiger partial charge in [0.05, 0.1) is 5.69 Å². The average Bonchev–Trinajstić information content (AvgIpc) is 2.86. The van der Waals surface area contributed by atoms with Crippen LogP contribution in [-0.4, -0.2) is 21.7 Å². The third-order valence-electron chi connectivity index (χ3n) is 2.74. The van der Waals surface area contributed by atoms with Gasteiger partial charge in [-0.3, -0.25) is 9.59 Å². The molecule has 0 saturated heterocycles. The van der Waals surface area contributed by atoms with Crippen molar-refractivity contribution in [3.05, 3.63) is 47.9 Å². The molecule has 0 radical (unpaired) electrons. The summed E-state index contributed by atoms with van der Waals surface area (Å²) in [6.45, 7) is 2.41. The normalized spacial score (nSPS) is 10.2. The lowest BCUT2D eigenvalue weighted by atomic mass is 10.3. The molecule has 1 amide bonds. The number of carbonyl (C=O) groups is 2. The van der Waals surface area contributed by atoms with Crippen LogP contribution in [0.4, 0.5) is 5.82 Å². The summed E-state index contributed by atoms with van der Waals surface area (Å²) in [5.41, 5.74) is 1.61. The van der Waals surface area contributed by atoms with Crippen LogP contribution in [-0.2, 0) is 11.3 Å². The van der Waals surface area contributed by atoms with E-state index in [1.807, 2.05) is 13.0 Å². The van der Waals surface area contributed by atoms with E-state index in [-0.39, 0.29) is 5.91 Å². The van der Waals surface area contributed by atoms with Crippen molar-refractivity contribution >= 4 is 18.0 Å². The zero-order valence-corrected chi connectivity index (χ0v) is 10.7. The highest BCUT2D eigenvalue weighted by Gasteiger charge is 2.05. The smallest absolute Gasteiger partial charge is 0.227 e. The summed E-state index contributed by atoms with van der Waals surface area (Å²) in [5.74, 6) is 0.417. The van der Waals surface area contributed by atoms with Crippen LogP contribution in [0.5, 0.6) is 0 Å². The number of nitrogens with one attached hydrogen (secondary N) is 1. The predicted molar refractivity (Wildman–Crippen MR) is 72.0 cm³/mol. The summed E-state index contributed by atoms with van der Waals surface area (Å²) >= 11 is 0. The van der Waals surface area contributed by atoms with E-state index in [4.69, 9.17) is 0 Å². The first kappa shape index (κ1) is 13.0. The third kappa shape index (κ3) is 3.51. The van der Waals surface area contributed by atoms with Gasteiger partial charge in [-0.1, -0.05) is 6.07 Å². The van der Waals surface area contributed by atoms with Crippen molar-refractivity contribution in [2.45, 2.75) is 19.9 Å². The van der Waals surface area contributed by atoms with Crippen LogP contribution in [0.15, 0.2) is 36.7 Å². The minimum absolute atomic E-state index is 0.123. The first-order valence-corrected chi connectivity index (χ1v) is 6.02. The van der Waals surface area contributed by atoms with E-state index in [9.17, 15) is 9.59 Å². The van der Waals surface area contributed by atoms with Crippen LogP contribution in [0.2, 0.25) is 0 Å². The number of hydrogen-bond acceptors (Lipinski definition) is 3. The summed E-state index contributed by atoms with van der Waals surface area (Å²) < 4.78 is 1.75. The van der Waals surface area contributed by atoms with Crippen molar-refractivity contribution in [3.63, 3.8) is 0 Å². The van der Waals surface area contributed by atoms with Crippen LogP contribution < -0.4 is 5.32 Å². The quantitative estimate of drug-likeness (QED) is 0.833. The van der Waals surface area contributed by atoms with Crippen molar-refractivity contribution in [2.24, 2.45) is 0 Å². The van der Waals surface area contributed by atoms with Gasteiger partial charge in [-0.2, -0.15) is 0 Å². The minimum atomic E-state index is -0.123. The highest BCUT2D eigenvalue weighted by atomic mass is 16.1. The summed E-state index contributed by atoms with van der Waals surface area (Å²) in [5, 5.41) is 2.72. The first-order chi connectivity index (χ1) is 9.19. The Morgan fingerprint density at radius 3 is 2.95 bits per heavy atom. The molecule has 2 heterocycles. The molecule has 98 valence electrons. The highest BCUT2D eigenvalue weighted by Crippen LogP contribution is 2.05. The van der Waals surface area contributed by atoms with Crippen molar-refractivity contribution in [1.29, 1.82) is 0 Å². The number of hydrogen-bond donors (Lipinski definition) is 1. The molecule has 19 heavy (non-hydrogen) atoms. The molecule has 0 spiro atoms. The van der Waals surface area contributed by atoms with Gasteiger partial charge in [-0.25, -0.2) is 4.98 Å². The first-order valence-electron chi connectivity index (χ1n) is 6.02. The molecule has 0 aromatic carbocycles. The van der Waals surface area contributed by atoms with Gasteiger partial charge in [0.15, 0.2) is 6.29 Å². The number of anilines is 1. The third-order valence-corrected chi connectivity index (χ3v) is 2.74. The molecule has 0 saturated carbocycles. The van der Waals surface area contributed by atoms with Gasteiger partial charge in [0.2, 0.25) is 5.91 Å². The fraction of sp³-hybridized carbons (Fsp3) is 0.214. The Labute approximate surface area is 111 Å². The molecular formula is C14H15N3O2. The molecule has 0 atom stereocenters. The molecule has 0 unspecified atom stereocenters. The number of aldehydes is 1. The van der Waals surface area contributed by atoms with Crippen LogP contribution in [0.25, 0.3) is 0 Å². The molecule has 0 fully saturated rings. The maximum absolute atomic E-state index is 11.7. The van der Waals surface area contributed by atoms with Crippen LogP contribution >= 0.6 is 0 Å². The Morgan fingerprint density at radius 2 is 2.26 bits per heavy atom. The highest BCUT2D eigenvalue weighted by molar-refractivity contribution is 5.89. The molecule has 0 bridgehead atoms. The molecule has 5 nitrogen and oxygen atoms in total. The van der Waals surface area contributed by atoms with Gasteiger partial charge in [0.25, 0.3) is 0 Å². The van der Waals surface area contributed by atoms with E-state index in [1.165, 1.54) is 0 Å². The Morgan fingerprint density at radius 1 is 1.42 bits per heavy atom. The van der Waals surface area contributed by atoms with Crippen LogP contribution in [0, 0.1) is 6.92 Å². The minimum Gasteiger partial charge on any atom is -0.345 e. The lowest BCUT2D eigenvalue weighted by Gasteiger charge is -2.06. The molecule has 0 aliphatic heterocycles. The van der Waals surface area contributed by atoms with E-state index < -0.39 is 0 Å². The molecule has 2 rings (SSSR count). The molecule has 2 aromatic heterocycles. The van der Waals surface area contributed by atoms with Crippen molar-refractivity contribution in [2.75, 3.05) is 5.32 Å². The lowest BCUT2D eigenvalue weighted by molar-refractivity contribution is -0.116. The lowest BCUT2D eigenvalue weighted by Crippen LogP contribution is -2.15. The topological polar surface area (TPSA) is 64.0 Å². The monoisotopic (exact) mass is 257 g/mol. The molecule has 2 aromatic rings. The molecule has 5 heteroatoms. The molecule has 0 aliphatic rings. The van der Waals surface area contributed by atoms with Gasteiger partial charge in [-0.05, 0) is 30.7 Å². The van der Waals surface area contributed by atoms with Gasteiger partial charge in [-0.15, -0.1) is 0 Å². The summed E-state index contributed by atoms with van der Waals surface area (Å²) in [7, 11) is 0. The second-order valence-corrected chi connectivity index (χ2v) is 4.26. The van der Waals surface area contributed by atoms with E-state index in [1.54, 1.807) is 35.2 Å². The SMILES string of the molecule is Cc1ccc(NC(=O)CCn2cccc2C=O)nc1. The van der Waals surface area contributed by atoms with Crippen molar-refractivity contribution in [3.8, 4) is 0 Å². The van der Waals surface area contributed by atoms with E-state index in [0.717, 1.165) is 11.8 Å². The van der Waals surface area contributed by atoms with Gasteiger partial charge < -0.3 is 9.88 Å². The van der Waals surface area contributed by atoms with Gasteiger partial charge in [0, 0.05) is 25.4 Å². The summed E-state index contributed by atoms with van der Waals surface area (Å²) in [4.78, 5) is 26.6. The number of carbonyl (C=O) groups excluding carboxylic acids is 2. The van der Waals surface area contributed by atoms with Gasteiger partial charge >= 0.3 is 0 Å². The van der Waals surface area contributed by atoms with E-state index in [2.05, 4.69) is 10.3 Å². The number of nitrogens with zero attached hydrogens (tertiary/aromatic N) is 2. The fourth-order valence-electron chi connectivity index (χ4n) is 1.71. The fourth-order valence-corrected chi connectivity index (χ4v) is 1.71. The van der Waals surface area contributed by atoms with Crippen molar-refractivity contribution < 1.29 is 9.59 Å². The van der Waals surface area contributed by atoms with E-state index in [0.29, 0.717) is 24.5 Å². The summed E-state index contributed by atoms with van der Waals surface area (Å²) in [6.07, 6.45) is 4.55. The van der Waals surface area contributed by atoms with Crippen LogP contribution in [0.3, 0.4) is 0 Å². The second-order valence-electron chi connectivity index (χ2n) is 4.26. The maximum atomic E-state index is 11.7. The number of rotatable bonds is 5. The average molecular weight is 257 g/mol. The Kier molecular flexibility index (Phi) is 4.07. The number of aryl methyl sites for hydroxylation is 2. The standard InChI is InChI=1S/C14H15N3O2/c1-11-4-5-13(15-9-11)16-14(19)6-8-17-7-2-3-12(17)10-18/h2-5,7,9-10H,6,8H2,1H3,(H,15,16,19). The molecule has 0 aliphatic carbocycles. The zero-order valence-electron chi connectivity index (χ0n) is 10.7. The Hall–Kier alpha value is -2.43. The summed E-state index contributed by atoms with van der Waals surface area (Å²) in [6, 6.07) is 7.15. The maximum Gasteiger partial charge on any atom is 0.227 e. The predicted octanol–water partition coefficient (Wildman–Crippen LogP) is 2.03. The van der Waals surface area contributed by atoms with E-state index >= 15 is 0 Å². The van der Waals surface area contributed by atoms with Gasteiger partial charge in [0.1, 0.15) is 5.82 Å². The largest absolute Gasteiger partial charge is 0.345 e. The van der Waals surface area contributed by atoms with Crippen molar-refractivity contribution in [1.82, 2.24) is 9.55 Å². The number of amides is 1. The molecular weight excluding hydrogens is 242 g/mol. The number of aromatic nitrogens is 2. The van der Waals surface area contributed by atoms with Crippen LogP contribution in [0.1, 0.15) is 22.5 Å². The Balaban J connectivity index is 1.88. The second kappa shape index (κ2) is 5.95. The number of pyridine rings is 1. The Bertz CT molecular complexity index is 573.